The minimum atomic E-state index is -1.32. The number of carbonyl (C=O) groups excluding carboxylic acids is 2. The van der Waals surface area contributed by atoms with Gasteiger partial charge >= 0.3 is 5.97 Å². The molecule has 0 spiro atoms. The summed E-state index contributed by atoms with van der Waals surface area (Å²) in [5.74, 6) is 0.0586. The van der Waals surface area contributed by atoms with Crippen LogP contribution in [-0.2, 0) is 9.53 Å². The van der Waals surface area contributed by atoms with Gasteiger partial charge in [-0.3, -0.25) is 4.79 Å². The van der Waals surface area contributed by atoms with E-state index in [0.29, 0.717) is 22.8 Å². The van der Waals surface area contributed by atoms with Gasteiger partial charge in [-0.25, -0.2) is 4.79 Å². The fraction of sp³-hybridized carbons (Fsp3) is 0.300. The van der Waals surface area contributed by atoms with Crippen LogP contribution < -0.4 is 19.5 Å². The number of benzene rings is 2. The largest absolute Gasteiger partial charge is 0.497 e. The first-order chi connectivity index (χ1) is 13.4. The van der Waals surface area contributed by atoms with Crippen LogP contribution in [0.5, 0.6) is 17.2 Å². The van der Waals surface area contributed by atoms with E-state index in [4.69, 9.17) is 18.9 Å². The van der Waals surface area contributed by atoms with E-state index in [2.05, 4.69) is 5.32 Å². The molecule has 0 bridgehead atoms. The highest BCUT2D eigenvalue weighted by molar-refractivity contribution is 5.97. The van der Waals surface area contributed by atoms with E-state index in [1.165, 1.54) is 40.6 Å². The standard InChI is InChI=1S/C20H23NO7/c1-25-14-8-5-12(6-9-14)18(22)17(20(24)28-4)21-19(23)13-7-10-15(26-2)16(11-13)27-3/h5-11,17-18,22H,1-4H3,(H,21,23). The molecule has 2 aromatic rings. The zero-order chi connectivity index (χ0) is 20.7. The maximum absolute atomic E-state index is 12.6. The normalized spacial score (nSPS) is 12.5. The van der Waals surface area contributed by atoms with E-state index < -0.39 is 24.0 Å². The molecule has 2 rings (SSSR count). The molecule has 0 aliphatic carbocycles. The molecule has 0 saturated heterocycles. The predicted octanol–water partition coefficient (Wildman–Crippen LogP) is 1.72. The van der Waals surface area contributed by atoms with Crippen molar-refractivity contribution in [2.24, 2.45) is 0 Å². The lowest BCUT2D eigenvalue weighted by molar-refractivity contribution is -0.146. The van der Waals surface area contributed by atoms with Crippen molar-refractivity contribution >= 4 is 11.9 Å². The van der Waals surface area contributed by atoms with Crippen molar-refractivity contribution in [2.45, 2.75) is 12.1 Å². The van der Waals surface area contributed by atoms with Crippen molar-refractivity contribution in [1.82, 2.24) is 5.32 Å². The van der Waals surface area contributed by atoms with Gasteiger partial charge in [0.15, 0.2) is 17.5 Å². The first-order valence-electron chi connectivity index (χ1n) is 8.37. The molecule has 2 atom stereocenters. The van der Waals surface area contributed by atoms with Crippen LogP contribution in [-0.4, -0.2) is 51.5 Å². The molecule has 0 aliphatic heterocycles. The smallest absolute Gasteiger partial charge is 0.331 e. The Hall–Kier alpha value is -3.26. The third-order valence-corrected chi connectivity index (χ3v) is 4.16. The summed E-state index contributed by atoms with van der Waals surface area (Å²) in [6.07, 6.45) is -1.32. The lowest BCUT2D eigenvalue weighted by Crippen LogP contribution is -2.45. The maximum atomic E-state index is 12.6. The molecule has 2 aromatic carbocycles. The Bertz CT molecular complexity index is 820. The lowest BCUT2D eigenvalue weighted by atomic mass is 10.0. The highest BCUT2D eigenvalue weighted by Gasteiger charge is 2.31. The number of ether oxygens (including phenoxy) is 4. The number of aliphatic hydroxyl groups excluding tert-OH is 1. The number of hydrogen-bond donors (Lipinski definition) is 2. The monoisotopic (exact) mass is 389 g/mol. The predicted molar refractivity (Wildman–Crippen MR) is 101 cm³/mol. The molecule has 28 heavy (non-hydrogen) atoms. The van der Waals surface area contributed by atoms with Crippen LogP contribution in [0.2, 0.25) is 0 Å². The van der Waals surface area contributed by atoms with Crippen molar-refractivity contribution in [2.75, 3.05) is 28.4 Å². The number of nitrogens with one attached hydrogen (secondary N) is 1. The summed E-state index contributed by atoms with van der Waals surface area (Å²) in [7, 11) is 5.63. The summed E-state index contributed by atoms with van der Waals surface area (Å²) >= 11 is 0. The first kappa shape index (κ1) is 21.0. The summed E-state index contributed by atoms with van der Waals surface area (Å²) in [5, 5.41) is 13.1. The zero-order valence-corrected chi connectivity index (χ0v) is 16.1. The van der Waals surface area contributed by atoms with Crippen LogP contribution in [0.25, 0.3) is 0 Å². The Morgan fingerprint density at radius 3 is 2.07 bits per heavy atom. The van der Waals surface area contributed by atoms with E-state index in [-0.39, 0.29) is 5.56 Å². The second kappa shape index (κ2) is 9.61. The van der Waals surface area contributed by atoms with Crippen molar-refractivity contribution in [3.8, 4) is 17.2 Å². The Labute approximate surface area is 163 Å². The number of rotatable bonds is 8. The number of carbonyl (C=O) groups is 2. The highest BCUT2D eigenvalue weighted by Crippen LogP contribution is 2.28. The van der Waals surface area contributed by atoms with Crippen molar-refractivity contribution < 1.29 is 33.6 Å². The molecule has 0 saturated carbocycles. The molecule has 8 heteroatoms. The molecule has 0 aromatic heterocycles. The summed E-state index contributed by atoms with van der Waals surface area (Å²) in [5.41, 5.74) is 0.650. The van der Waals surface area contributed by atoms with Crippen molar-refractivity contribution in [1.29, 1.82) is 0 Å². The summed E-state index contributed by atoms with van der Waals surface area (Å²) in [4.78, 5) is 24.8. The molecule has 0 fully saturated rings. The van der Waals surface area contributed by atoms with Crippen LogP contribution >= 0.6 is 0 Å². The van der Waals surface area contributed by atoms with Crippen molar-refractivity contribution in [3.63, 3.8) is 0 Å². The van der Waals surface area contributed by atoms with Crippen LogP contribution in [0.3, 0.4) is 0 Å². The molecule has 150 valence electrons. The Kier molecular flexibility index (Phi) is 7.22. The molecule has 8 nitrogen and oxygen atoms in total. The maximum Gasteiger partial charge on any atom is 0.331 e. The average molecular weight is 389 g/mol. The summed E-state index contributed by atoms with van der Waals surface area (Å²) < 4.78 is 20.1. The molecule has 0 aliphatic rings. The SMILES string of the molecule is COC(=O)C(NC(=O)c1ccc(OC)c(OC)c1)C(O)c1ccc(OC)cc1. The van der Waals surface area contributed by atoms with Gasteiger partial charge in [-0.05, 0) is 35.9 Å². The number of methoxy groups -OCH3 is 4. The molecule has 0 radical (unpaired) electrons. The minimum absolute atomic E-state index is 0.230. The molecule has 1 amide bonds. The van der Waals surface area contributed by atoms with E-state index in [0.717, 1.165) is 0 Å². The number of amides is 1. The second-order valence-corrected chi connectivity index (χ2v) is 5.76. The van der Waals surface area contributed by atoms with E-state index in [1.807, 2.05) is 0 Å². The Morgan fingerprint density at radius 1 is 0.893 bits per heavy atom. The molecular weight excluding hydrogens is 366 g/mol. The van der Waals surface area contributed by atoms with Gasteiger partial charge in [-0.2, -0.15) is 0 Å². The van der Waals surface area contributed by atoms with E-state index in [9.17, 15) is 14.7 Å². The van der Waals surface area contributed by atoms with Gasteiger partial charge < -0.3 is 29.4 Å². The third-order valence-electron chi connectivity index (χ3n) is 4.16. The molecule has 0 heterocycles. The Morgan fingerprint density at radius 2 is 1.54 bits per heavy atom. The lowest BCUT2D eigenvalue weighted by Gasteiger charge is -2.22. The van der Waals surface area contributed by atoms with E-state index >= 15 is 0 Å². The van der Waals surface area contributed by atoms with Gasteiger partial charge in [0.1, 0.15) is 11.9 Å². The van der Waals surface area contributed by atoms with Crippen LogP contribution in [0.15, 0.2) is 42.5 Å². The molecule has 2 unspecified atom stereocenters. The average Bonchev–Trinajstić information content (AvgIpc) is 2.75. The zero-order valence-electron chi connectivity index (χ0n) is 16.1. The number of aliphatic hydroxyl groups is 1. The van der Waals surface area contributed by atoms with Crippen LogP contribution in [0, 0.1) is 0 Å². The fourth-order valence-electron chi connectivity index (χ4n) is 2.59. The topological polar surface area (TPSA) is 103 Å². The third kappa shape index (κ3) is 4.72. The van der Waals surface area contributed by atoms with Gasteiger partial charge in [0.25, 0.3) is 5.91 Å². The fourth-order valence-corrected chi connectivity index (χ4v) is 2.59. The van der Waals surface area contributed by atoms with E-state index in [1.54, 1.807) is 30.3 Å². The Balaban J connectivity index is 2.25. The number of hydrogen-bond acceptors (Lipinski definition) is 7. The summed E-state index contributed by atoms with van der Waals surface area (Å²) in [6.45, 7) is 0. The van der Waals surface area contributed by atoms with Gasteiger partial charge in [0.2, 0.25) is 0 Å². The number of esters is 1. The van der Waals surface area contributed by atoms with Crippen LogP contribution in [0.1, 0.15) is 22.0 Å². The van der Waals surface area contributed by atoms with Crippen molar-refractivity contribution in [3.05, 3.63) is 53.6 Å². The van der Waals surface area contributed by atoms with Gasteiger partial charge in [0, 0.05) is 5.56 Å². The van der Waals surface area contributed by atoms with Gasteiger partial charge in [-0.15, -0.1) is 0 Å². The molecule has 2 N–H and O–H groups in total. The second-order valence-electron chi connectivity index (χ2n) is 5.76. The van der Waals surface area contributed by atoms with Gasteiger partial charge in [0.05, 0.1) is 28.4 Å². The highest BCUT2D eigenvalue weighted by atomic mass is 16.5. The molecular formula is C20H23NO7. The summed E-state index contributed by atoms with van der Waals surface area (Å²) in [6, 6.07) is 9.74. The quantitative estimate of drug-likeness (QED) is 0.663. The first-order valence-corrected chi connectivity index (χ1v) is 8.37. The van der Waals surface area contributed by atoms with Gasteiger partial charge in [-0.1, -0.05) is 12.1 Å². The van der Waals surface area contributed by atoms with Crippen LogP contribution in [0.4, 0.5) is 0 Å². The minimum Gasteiger partial charge on any atom is -0.497 e.